The summed E-state index contributed by atoms with van der Waals surface area (Å²) in [5.74, 6) is -4.23. The Kier molecular flexibility index (Phi) is 10.9. The molecule has 0 fully saturated rings. The molecule has 40 heteroatoms. The van der Waals surface area contributed by atoms with E-state index < -0.39 is 210 Å². The summed E-state index contributed by atoms with van der Waals surface area (Å²) in [6.07, 6.45) is 0. The van der Waals surface area contributed by atoms with E-state index >= 15 is 0 Å². The second-order valence-corrected chi connectivity index (χ2v) is 26.0. The normalized spacial score (nSPS) is 13.9. The number of aromatic nitrogens is 8. The maximum Gasteiger partial charge on any atom is 0.295 e. The fourth-order valence-electron chi connectivity index (χ4n) is 7.46. The summed E-state index contributed by atoms with van der Waals surface area (Å²) in [6, 6.07) is 2.51. The second kappa shape index (κ2) is 15.5. The van der Waals surface area contributed by atoms with Crippen LogP contribution in [0, 0.1) is 0 Å². The Balaban J connectivity index is 1.67. The predicted octanol–water partition coefficient (Wildman–Crippen LogP) is 0.843. The Morgan fingerprint density at radius 1 is 0.292 bits per heavy atom. The Bertz CT molecular complexity index is 4600. The molecule has 7 aromatic rings. The monoisotopic (exact) mass is 1150 g/mol. The highest BCUT2D eigenvalue weighted by Crippen LogP contribution is 2.44. The lowest BCUT2D eigenvalue weighted by molar-refractivity contribution is 0.477. The molecule has 32 nitrogen and oxygen atoms in total. The minimum Gasteiger partial charge on any atom is -0.324 e. The molecule has 0 aliphatic carbocycles. The van der Waals surface area contributed by atoms with Crippen molar-refractivity contribution in [2.24, 2.45) is 0 Å². The van der Waals surface area contributed by atoms with E-state index in [1.807, 2.05) is 0 Å². The standard InChI is InChI=1S/C32H18N8O24S8/c41-65(42,43)9-1-13-21(17(5-9)69(53,54)55)29-33-25(13)37-30-22-14(2-10(66(44,45)46)6-18(22)70(56,57)58)27(34-30)39-32-24-16(4-12(68(50,51)52)8-20(24)72(62,63)64)28(36-32)40-31-23-15(26(35-31)38-29)3-11(67(47,48)49)7-19(23)71(59,60)61/h1-8H,(H,41,42,43)(H,44,45,46)(H,47,48,49)(H,50,51,52)(H,53,54,55)(H,56,57,58)(H,59,60,61)(H,62,63,64)(H2,33,34,35,36,37,38,39,40). The zero-order valence-electron chi connectivity index (χ0n) is 33.7. The molecule has 0 spiro atoms. The second-order valence-electron chi connectivity index (χ2n) is 14.8. The number of H-pyrrole nitrogens is 2. The van der Waals surface area contributed by atoms with Gasteiger partial charge in [-0.3, -0.25) is 36.4 Å². The van der Waals surface area contributed by atoms with Gasteiger partial charge in [0.1, 0.15) is 42.2 Å². The van der Waals surface area contributed by atoms with Gasteiger partial charge in [-0.25, -0.2) is 29.9 Å². The molecular formula is C32H18N8O24S8. The Labute approximate surface area is 399 Å². The summed E-state index contributed by atoms with van der Waals surface area (Å²) >= 11 is 0. The average molecular weight is 1160 g/mol. The molecular weight excluding hydrogens is 1140 g/mol. The van der Waals surface area contributed by atoms with E-state index in [1.54, 1.807) is 0 Å². The molecule has 2 aliphatic heterocycles. The SMILES string of the molecule is O=S(=O)(O)c1cc2c(c(S(=O)(=O)O)c1)-c1nc-2nc2[nH]c(nc3nc(nc4[nH]c(n1)c1cc(S(=O)(=O)O)cc(S(=O)(=O)O)c41)-c1cc(S(=O)(=O)O)cc(S(=O)(=O)O)c1-3)c1cc(S(=O)(=O)O)cc(S(=O)(=O)O)c21. The van der Waals surface area contributed by atoms with E-state index in [1.165, 1.54) is 0 Å². The molecule has 0 atom stereocenters. The fourth-order valence-corrected chi connectivity index (χ4v) is 12.8. The Morgan fingerprint density at radius 3 is 0.833 bits per heavy atom. The highest BCUT2D eigenvalue weighted by atomic mass is 32.2. The molecule has 8 bridgehead atoms. The van der Waals surface area contributed by atoms with Crippen molar-refractivity contribution < 1.29 is 104 Å². The van der Waals surface area contributed by atoms with E-state index in [0.717, 1.165) is 0 Å². The summed E-state index contributed by atoms with van der Waals surface area (Å²) in [4.78, 5) is 18.2. The van der Waals surface area contributed by atoms with Gasteiger partial charge in [0.25, 0.3) is 80.9 Å². The van der Waals surface area contributed by atoms with Gasteiger partial charge in [-0.15, -0.1) is 0 Å². The zero-order chi connectivity index (χ0) is 53.2. The smallest absolute Gasteiger partial charge is 0.295 e. The van der Waals surface area contributed by atoms with Crippen LogP contribution in [0.5, 0.6) is 0 Å². The number of nitrogens with one attached hydrogen (secondary N) is 2. The first-order chi connectivity index (χ1) is 32.7. The number of hydrogen-bond donors (Lipinski definition) is 10. The van der Waals surface area contributed by atoms with Gasteiger partial charge in [0.15, 0.2) is 23.3 Å². The maximum absolute atomic E-state index is 13.0. The molecule has 3 aromatic heterocycles. The molecule has 378 valence electrons. The number of fused-ring (bicyclic) bond motifs is 20. The molecule has 9 rings (SSSR count). The van der Waals surface area contributed by atoms with E-state index in [2.05, 4.69) is 39.9 Å². The molecule has 10 N–H and O–H groups in total. The summed E-state index contributed by atoms with van der Waals surface area (Å²) in [5, 5.41) is -3.63. The fraction of sp³-hybridized carbons (Fsp3) is 0. The maximum atomic E-state index is 13.0. The van der Waals surface area contributed by atoms with Crippen molar-refractivity contribution in [1.82, 2.24) is 39.9 Å². The molecule has 0 saturated heterocycles. The van der Waals surface area contributed by atoms with Gasteiger partial charge in [0.05, 0.1) is 30.7 Å². The number of rotatable bonds is 8. The van der Waals surface area contributed by atoms with Crippen LogP contribution >= 0.6 is 0 Å². The van der Waals surface area contributed by atoms with Crippen molar-refractivity contribution in [2.75, 3.05) is 0 Å². The van der Waals surface area contributed by atoms with Gasteiger partial charge in [0, 0.05) is 32.7 Å². The first-order valence-electron chi connectivity index (χ1n) is 18.1. The van der Waals surface area contributed by atoms with Crippen molar-refractivity contribution in [3.05, 3.63) is 48.5 Å². The average Bonchev–Trinajstić information content (AvgIpc) is 3.95. The van der Waals surface area contributed by atoms with Gasteiger partial charge >= 0.3 is 0 Å². The van der Waals surface area contributed by atoms with Crippen LogP contribution in [-0.4, -0.2) is 144 Å². The zero-order valence-corrected chi connectivity index (χ0v) is 40.2. The third-order valence-electron chi connectivity index (χ3n) is 10.3. The highest BCUT2D eigenvalue weighted by molar-refractivity contribution is 7.88. The van der Waals surface area contributed by atoms with Crippen LogP contribution in [0.2, 0.25) is 0 Å². The summed E-state index contributed by atoms with van der Waals surface area (Å²) < 4.78 is 286. The van der Waals surface area contributed by atoms with E-state index in [0.29, 0.717) is 24.3 Å². The van der Waals surface area contributed by atoms with E-state index in [4.69, 9.17) is 0 Å². The van der Waals surface area contributed by atoms with Gasteiger partial charge in [0.2, 0.25) is 0 Å². The minimum absolute atomic E-state index is 0.167. The van der Waals surface area contributed by atoms with Gasteiger partial charge in [-0.2, -0.15) is 67.3 Å². The summed E-state index contributed by atoms with van der Waals surface area (Å²) in [7, 11) is -45.0. The number of hydrogen-bond acceptors (Lipinski definition) is 22. The van der Waals surface area contributed by atoms with E-state index in [-0.39, 0.29) is 24.3 Å². The predicted molar refractivity (Wildman–Crippen MR) is 235 cm³/mol. The summed E-state index contributed by atoms with van der Waals surface area (Å²) in [6.45, 7) is 0. The van der Waals surface area contributed by atoms with Crippen LogP contribution in [-0.2, 0) is 80.9 Å². The lowest BCUT2D eigenvalue weighted by atomic mass is 10.1. The van der Waals surface area contributed by atoms with Crippen molar-refractivity contribution in [3.63, 3.8) is 0 Å². The van der Waals surface area contributed by atoms with E-state index in [9.17, 15) is 104 Å². The van der Waals surface area contributed by atoms with Crippen LogP contribution in [0.1, 0.15) is 0 Å². The molecule has 0 saturated carbocycles. The highest BCUT2D eigenvalue weighted by Gasteiger charge is 2.35. The molecule has 0 radical (unpaired) electrons. The lowest BCUT2D eigenvalue weighted by Gasteiger charge is -2.08. The molecule has 72 heavy (non-hydrogen) atoms. The topological polar surface area (TPSA) is 544 Å². The first kappa shape index (κ1) is 50.5. The van der Waals surface area contributed by atoms with Crippen LogP contribution in [0.3, 0.4) is 0 Å². The van der Waals surface area contributed by atoms with Crippen molar-refractivity contribution in [1.29, 1.82) is 0 Å². The quantitative estimate of drug-likeness (QED) is 0.0942. The number of nitrogens with zero attached hydrogens (tertiary/aromatic N) is 6. The molecule has 0 unspecified atom stereocenters. The van der Waals surface area contributed by atoms with Crippen molar-refractivity contribution in [3.8, 4) is 45.6 Å². The molecule has 2 aliphatic rings. The lowest BCUT2D eigenvalue weighted by Crippen LogP contribution is -2.06. The van der Waals surface area contributed by atoms with Crippen LogP contribution in [0.25, 0.3) is 89.7 Å². The van der Waals surface area contributed by atoms with Crippen LogP contribution in [0.4, 0.5) is 0 Å². The molecule has 0 amide bonds. The number of aromatic amines is 2. The van der Waals surface area contributed by atoms with Gasteiger partial charge in [-0.05, 0) is 48.5 Å². The molecule has 5 heterocycles. The van der Waals surface area contributed by atoms with Crippen LogP contribution < -0.4 is 0 Å². The largest absolute Gasteiger partial charge is 0.324 e. The van der Waals surface area contributed by atoms with Crippen molar-refractivity contribution in [2.45, 2.75) is 39.2 Å². The first-order valence-corrected chi connectivity index (χ1v) is 29.6. The molecule has 4 aromatic carbocycles. The summed E-state index contributed by atoms with van der Waals surface area (Å²) in [5.41, 5.74) is -7.62. The van der Waals surface area contributed by atoms with Crippen molar-refractivity contribution >= 4 is 125 Å². The Hall–Kier alpha value is -6.48. The van der Waals surface area contributed by atoms with Gasteiger partial charge < -0.3 is 9.97 Å². The van der Waals surface area contributed by atoms with Crippen LogP contribution in [0.15, 0.2) is 87.7 Å². The Morgan fingerprint density at radius 2 is 0.556 bits per heavy atom. The van der Waals surface area contributed by atoms with Gasteiger partial charge in [-0.1, -0.05) is 0 Å². The minimum atomic E-state index is -5.74. The number of benzene rings is 4. The third-order valence-corrected chi connectivity index (χ3v) is 17.1. The third kappa shape index (κ3) is 8.64.